The van der Waals surface area contributed by atoms with Crippen molar-refractivity contribution in [1.29, 1.82) is 0 Å². The van der Waals surface area contributed by atoms with Gasteiger partial charge in [-0.15, -0.1) is 0 Å². The molecule has 0 fully saturated rings. The fourth-order valence-corrected chi connectivity index (χ4v) is 6.54. The predicted molar refractivity (Wildman–Crippen MR) is 158 cm³/mol. The molecule has 0 bridgehead atoms. The van der Waals surface area contributed by atoms with Gasteiger partial charge in [0, 0.05) is 25.5 Å². The number of imidazole rings is 1. The second-order valence-electron chi connectivity index (χ2n) is 11.3. The van der Waals surface area contributed by atoms with Gasteiger partial charge in [0.1, 0.15) is 5.82 Å². The molecule has 3 aromatic heterocycles. The van der Waals surface area contributed by atoms with E-state index in [9.17, 15) is 0 Å². The molecular weight excluding hydrogens is 492 g/mol. The summed E-state index contributed by atoms with van der Waals surface area (Å²) in [6.07, 6.45) is 10.8. The van der Waals surface area contributed by atoms with Gasteiger partial charge in [-0.3, -0.25) is 14.9 Å². The maximum absolute atomic E-state index is 4.91. The molecule has 2 aliphatic carbocycles. The molecule has 2 atom stereocenters. The third-order valence-corrected chi connectivity index (χ3v) is 8.55. The number of pyridine rings is 2. The number of nitrogens with one attached hydrogen (secondary N) is 2. The highest BCUT2D eigenvalue weighted by Gasteiger charge is 2.28. The number of hydrogen-bond donors (Lipinski definition) is 2. The lowest BCUT2D eigenvalue weighted by Crippen LogP contribution is -2.31. The fourth-order valence-electron chi connectivity index (χ4n) is 6.54. The second kappa shape index (κ2) is 11.3. The number of hydrogen-bond acceptors (Lipinski definition) is 5. The molecule has 40 heavy (non-hydrogen) atoms. The van der Waals surface area contributed by atoms with Gasteiger partial charge in [-0.1, -0.05) is 48.5 Å². The smallest absolute Gasteiger partial charge is 0.121 e. The molecule has 0 aliphatic heterocycles. The molecule has 6 nitrogen and oxygen atoms in total. The predicted octanol–water partition coefficient (Wildman–Crippen LogP) is 6.60. The number of fused-ring (bicyclic) bond motifs is 3. The van der Waals surface area contributed by atoms with Crippen LogP contribution in [-0.2, 0) is 32.5 Å². The van der Waals surface area contributed by atoms with Crippen molar-refractivity contribution in [3.63, 3.8) is 0 Å². The SMILES string of the molecule is c1cnc2c(c1)CCCC2NCc1ccc(CN(Cc2nc3ccccc3[nH]2)C2CCCc3cccnc32)cc1. The van der Waals surface area contributed by atoms with Crippen molar-refractivity contribution < 1.29 is 0 Å². The molecule has 6 heteroatoms. The largest absolute Gasteiger partial charge is 0.341 e. The highest BCUT2D eigenvalue weighted by molar-refractivity contribution is 5.74. The third-order valence-electron chi connectivity index (χ3n) is 8.55. The Hall–Kier alpha value is -3.87. The van der Waals surface area contributed by atoms with Gasteiger partial charge in [-0.2, -0.15) is 0 Å². The summed E-state index contributed by atoms with van der Waals surface area (Å²) in [6.45, 7) is 2.46. The molecule has 2 aliphatic rings. The van der Waals surface area contributed by atoms with Gasteiger partial charge >= 0.3 is 0 Å². The van der Waals surface area contributed by atoms with E-state index in [0.29, 0.717) is 6.04 Å². The quantitative estimate of drug-likeness (QED) is 0.237. The van der Waals surface area contributed by atoms with Crippen LogP contribution in [0.3, 0.4) is 0 Å². The van der Waals surface area contributed by atoms with Crippen LogP contribution in [0.1, 0.15) is 77.2 Å². The number of nitrogens with zero attached hydrogens (tertiary/aromatic N) is 4. The van der Waals surface area contributed by atoms with E-state index in [4.69, 9.17) is 9.97 Å². The number of para-hydroxylation sites is 2. The zero-order chi connectivity index (χ0) is 26.7. The van der Waals surface area contributed by atoms with E-state index in [-0.39, 0.29) is 6.04 Å². The van der Waals surface area contributed by atoms with Gasteiger partial charge in [-0.25, -0.2) is 4.98 Å². The van der Waals surface area contributed by atoms with Crippen LogP contribution in [0.4, 0.5) is 0 Å². The molecule has 3 heterocycles. The molecule has 0 radical (unpaired) electrons. The summed E-state index contributed by atoms with van der Waals surface area (Å²) in [7, 11) is 0. The van der Waals surface area contributed by atoms with Crippen molar-refractivity contribution in [2.75, 3.05) is 0 Å². The summed E-state index contributed by atoms with van der Waals surface area (Å²) in [5, 5.41) is 3.77. The van der Waals surface area contributed by atoms with E-state index in [1.807, 2.05) is 18.5 Å². The molecule has 202 valence electrons. The molecule has 0 amide bonds. The first-order chi connectivity index (χ1) is 19.8. The molecule has 2 aromatic carbocycles. The summed E-state index contributed by atoms with van der Waals surface area (Å²) in [5.74, 6) is 1.01. The average molecular weight is 529 g/mol. The van der Waals surface area contributed by atoms with E-state index in [2.05, 4.69) is 86.9 Å². The topological polar surface area (TPSA) is 69.7 Å². The molecule has 2 N–H and O–H groups in total. The standard InChI is InChI=1S/C34H36N6/c1-2-12-29-28(11-1)38-32(39-29)23-40(31-14-4-8-27-10-6-20-36-34(27)31)22-25-17-15-24(16-18-25)21-37-30-13-3-7-26-9-5-19-35-33(26)30/h1-2,5-6,9-12,15-20,30-31,37H,3-4,7-8,13-14,21-23H2,(H,38,39). The molecule has 0 spiro atoms. The molecule has 2 unspecified atom stereocenters. The van der Waals surface area contributed by atoms with Crippen molar-refractivity contribution in [2.24, 2.45) is 0 Å². The molecule has 0 saturated heterocycles. The van der Waals surface area contributed by atoms with Crippen LogP contribution in [0.25, 0.3) is 11.0 Å². The van der Waals surface area contributed by atoms with Crippen LogP contribution in [-0.4, -0.2) is 24.8 Å². The Morgan fingerprint density at radius 2 is 1.48 bits per heavy atom. The van der Waals surface area contributed by atoms with Crippen LogP contribution < -0.4 is 5.32 Å². The Balaban J connectivity index is 1.09. The number of H-pyrrole nitrogens is 1. The van der Waals surface area contributed by atoms with Crippen LogP contribution in [0.2, 0.25) is 0 Å². The number of rotatable bonds is 8. The summed E-state index contributed by atoms with van der Waals surface area (Å²) >= 11 is 0. The second-order valence-corrected chi connectivity index (χ2v) is 11.3. The van der Waals surface area contributed by atoms with Crippen molar-refractivity contribution in [2.45, 2.75) is 70.2 Å². The Morgan fingerprint density at radius 1 is 0.750 bits per heavy atom. The lowest BCUT2D eigenvalue weighted by molar-refractivity contribution is 0.153. The average Bonchev–Trinajstić information content (AvgIpc) is 3.42. The van der Waals surface area contributed by atoms with Gasteiger partial charge in [0.05, 0.1) is 41.0 Å². The summed E-state index contributed by atoms with van der Waals surface area (Å²) in [4.78, 5) is 20.6. The van der Waals surface area contributed by atoms with E-state index < -0.39 is 0 Å². The van der Waals surface area contributed by atoms with Crippen molar-refractivity contribution in [3.05, 3.63) is 125 Å². The number of aromatic nitrogens is 4. The van der Waals surface area contributed by atoms with E-state index in [1.54, 1.807) is 0 Å². The van der Waals surface area contributed by atoms with E-state index in [0.717, 1.165) is 62.2 Å². The molecule has 0 saturated carbocycles. The fraction of sp³-hybridized carbons (Fsp3) is 0.324. The number of benzene rings is 2. The molecule has 7 rings (SSSR count). The Kier molecular flexibility index (Phi) is 7.11. The zero-order valence-electron chi connectivity index (χ0n) is 22.9. The molecule has 5 aromatic rings. The lowest BCUT2D eigenvalue weighted by Gasteiger charge is -2.34. The van der Waals surface area contributed by atoms with Crippen molar-refractivity contribution in [1.82, 2.24) is 30.2 Å². The maximum atomic E-state index is 4.91. The Labute approximate surface area is 235 Å². The Bertz CT molecular complexity index is 1560. The summed E-state index contributed by atoms with van der Waals surface area (Å²) in [5.41, 5.74) is 9.96. The third kappa shape index (κ3) is 5.29. The van der Waals surface area contributed by atoms with Gasteiger partial charge in [0.2, 0.25) is 0 Å². The summed E-state index contributed by atoms with van der Waals surface area (Å²) < 4.78 is 0. The normalized spacial score (nSPS) is 18.5. The van der Waals surface area contributed by atoms with Gasteiger partial charge in [-0.05, 0) is 85.0 Å². The highest BCUT2D eigenvalue weighted by atomic mass is 15.2. The zero-order valence-corrected chi connectivity index (χ0v) is 22.9. The van der Waals surface area contributed by atoms with Gasteiger partial charge in [0.15, 0.2) is 0 Å². The minimum atomic E-state index is 0.276. The Morgan fingerprint density at radius 3 is 2.30 bits per heavy atom. The first kappa shape index (κ1) is 25.1. The van der Waals surface area contributed by atoms with Crippen LogP contribution in [0.15, 0.2) is 85.2 Å². The first-order valence-corrected chi connectivity index (χ1v) is 14.7. The van der Waals surface area contributed by atoms with Crippen molar-refractivity contribution >= 4 is 11.0 Å². The summed E-state index contributed by atoms with van der Waals surface area (Å²) in [6, 6.07) is 26.6. The molecular formula is C34H36N6. The first-order valence-electron chi connectivity index (χ1n) is 14.7. The van der Waals surface area contributed by atoms with Gasteiger partial charge < -0.3 is 10.3 Å². The maximum Gasteiger partial charge on any atom is 0.121 e. The van der Waals surface area contributed by atoms with Crippen LogP contribution in [0, 0.1) is 0 Å². The number of aromatic amines is 1. The van der Waals surface area contributed by atoms with Crippen LogP contribution >= 0.6 is 0 Å². The van der Waals surface area contributed by atoms with Crippen molar-refractivity contribution in [3.8, 4) is 0 Å². The van der Waals surface area contributed by atoms with Crippen LogP contribution in [0.5, 0.6) is 0 Å². The van der Waals surface area contributed by atoms with E-state index >= 15 is 0 Å². The van der Waals surface area contributed by atoms with Gasteiger partial charge in [0.25, 0.3) is 0 Å². The minimum absolute atomic E-state index is 0.276. The minimum Gasteiger partial charge on any atom is -0.341 e. The highest BCUT2D eigenvalue weighted by Crippen LogP contribution is 2.35. The van der Waals surface area contributed by atoms with E-state index in [1.165, 1.54) is 46.5 Å². The number of aryl methyl sites for hydroxylation is 2. The lowest BCUT2D eigenvalue weighted by atomic mass is 9.90. The monoisotopic (exact) mass is 528 g/mol.